The number of alkyl carbamates (subject to hydrolysis) is 1. The lowest BCUT2D eigenvalue weighted by atomic mass is 9.78. The molecule has 8 heteroatoms. The Morgan fingerprint density at radius 1 is 1.03 bits per heavy atom. The highest BCUT2D eigenvalue weighted by Gasteiger charge is 2.38. The molecule has 0 spiro atoms. The van der Waals surface area contributed by atoms with Crippen LogP contribution in [0.1, 0.15) is 43.2 Å². The van der Waals surface area contributed by atoms with Gasteiger partial charge in [0.05, 0.1) is 6.61 Å². The van der Waals surface area contributed by atoms with E-state index in [0.29, 0.717) is 12.8 Å². The summed E-state index contributed by atoms with van der Waals surface area (Å²) in [6.07, 6.45) is 1.03. The number of fused-ring (bicyclic) bond motifs is 3. The second kappa shape index (κ2) is 9.85. The van der Waals surface area contributed by atoms with Gasteiger partial charge in [-0.1, -0.05) is 48.5 Å². The molecular weight excluding hydrogens is 436 g/mol. The summed E-state index contributed by atoms with van der Waals surface area (Å²) in [5.41, 5.74) is 3.21. The number of carboxylic acids is 1. The number of carbonyl (C=O) groups excluding carboxylic acids is 2. The molecule has 2 aliphatic carbocycles. The highest BCUT2D eigenvalue weighted by atomic mass is 16.5. The maximum absolute atomic E-state index is 12.4. The van der Waals surface area contributed by atoms with E-state index in [-0.39, 0.29) is 43.4 Å². The molecule has 1 fully saturated rings. The van der Waals surface area contributed by atoms with Crippen molar-refractivity contribution in [1.82, 2.24) is 10.6 Å². The summed E-state index contributed by atoms with van der Waals surface area (Å²) in [4.78, 5) is 36.1. The predicted octanol–water partition coefficient (Wildman–Crippen LogP) is 3.30. The molecule has 2 aromatic rings. The molecule has 0 bridgehead atoms. The zero-order valence-corrected chi connectivity index (χ0v) is 19.4. The minimum atomic E-state index is -1.46. The quantitative estimate of drug-likeness (QED) is 0.523. The monoisotopic (exact) mass is 466 g/mol. The van der Waals surface area contributed by atoms with Crippen LogP contribution in [-0.2, 0) is 19.1 Å². The number of hydrogen-bond acceptors (Lipinski definition) is 5. The second-order valence-electron chi connectivity index (χ2n) is 9.33. The molecule has 0 saturated heterocycles. The first-order valence-corrected chi connectivity index (χ1v) is 11.5. The number of ether oxygens (including phenoxy) is 2. The number of amides is 2. The van der Waals surface area contributed by atoms with E-state index in [9.17, 15) is 19.5 Å². The minimum absolute atomic E-state index is 0.00614. The van der Waals surface area contributed by atoms with Gasteiger partial charge in [-0.25, -0.2) is 9.59 Å². The molecule has 0 aromatic heterocycles. The Hall–Kier alpha value is -3.39. The molecule has 3 N–H and O–H groups in total. The standard InChI is InChI=1S/C26H30N2O6/c1-26(15-33-2,24(30)31)28-23(29)13-16-11-17(12-16)27-25(32)34-14-22-20-9-5-3-7-18(20)19-8-4-6-10-21(19)22/h3-10,16-17,22H,11-15H2,1-2H3,(H,27,32)(H,28,29)(H,30,31). The van der Waals surface area contributed by atoms with E-state index in [1.165, 1.54) is 25.2 Å². The Morgan fingerprint density at radius 3 is 2.18 bits per heavy atom. The average Bonchev–Trinajstić information content (AvgIpc) is 3.10. The molecular formula is C26H30N2O6. The Kier molecular flexibility index (Phi) is 6.88. The lowest BCUT2D eigenvalue weighted by molar-refractivity contribution is -0.149. The normalized spacial score (nSPS) is 20.3. The number of carboxylic acid groups (broad SMARTS) is 1. The zero-order chi connectivity index (χ0) is 24.3. The molecule has 34 heavy (non-hydrogen) atoms. The Morgan fingerprint density at radius 2 is 1.62 bits per heavy atom. The first-order valence-electron chi connectivity index (χ1n) is 11.5. The van der Waals surface area contributed by atoms with Crippen LogP contribution in [0.25, 0.3) is 11.1 Å². The van der Waals surface area contributed by atoms with Crippen molar-refractivity contribution in [3.05, 3.63) is 59.7 Å². The van der Waals surface area contributed by atoms with Crippen LogP contribution in [0.2, 0.25) is 0 Å². The third-order valence-corrected chi connectivity index (χ3v) is 6.70. The molecule has 180 valence electrons. The minimum Gasteiger partial charge on any atom is -0.479 e. The number of hydrogen-bond donors (Lipinski definition) is 3. The van der Waals surface area contributed by atoms with E-state index in [4.69, 9.17) is 9.47 Å². The first-order chi connectivity index (χ1) is 16.3. The maximum atomic E-state index is 12.4. The van der Waals surface area contributed by atoms with Gasteiger partial charge in [0.2, 0.25) is 5.91 Å². The van der Waals surface area contributed by atoms with Crippen molar-refractivity contribution in [2.75, 3.05) is 20.3 Å². The van der Waals surface area contributed by atoms with Crippen molar-refractivity contribution in [1.29, 1.82) is 0 Å². The highest BCUT2D eigenvalue weighted by Crippen LogP contribution is 2.44. The first kappa shape index (κ1) is 23.8. The molecule has 1 atom stereocenters. The van der Waals surface area contributed by atoms with E-state index in [2.05, 4.69) is 34.9 Å². The molecule has 1 unspecified atom stereocenters. The van der Waals surface area contributed by atoms with Gasteiger partial charge in [0.1, 0.15) is 6.61 Å². The summed E-state index contributed by atoms with van der Waals surface area (Å²) in [7, 11) is 1.39. The van der Waals surface area contributed by atoms with Gasteiger partial charge in [-0.05, 0) is 47.9 Å². The second-order valence-corrected chi connectivity index (χ2v) is 9.33. The van der Waals surface area contributed by atoms with Crippen LogP contribution in [0.4, 0.5) is 4.79 Å². The van der Waals surface area contributed by atoms with Gasteiger partial charge >= 0.3 is 12.1 Å². The third-order valence-electron chi connectivity index (χ3n) is 6.70. The topological polar surface area (TPSA) is 114 Å². The van der Waals surface area contributed by atoms with Gasteiger partial charge < -0.3 is 25.2 Å². The molecule has 0 heterocycles. The van der Waals surface area contributed by atoms with Crippen LogP contribution in [0, 0.1) is 5.92 Å². The number of rotatable bonds is 9. The summed E-state index contributed by atoms with van der Waals surface area (Å²) in [6, 6.07) is 16.3. The van der Waals surface area contributed by atoms with E-state index in [1.54, 1.807) is 0 Å². The molecule has 2 aliphatic rings. The van der Waals surface area contributed by atoms with Crippen LogP contribution in [-0.4, -0.2) is 55.0 Å². The Balaban J connectivity index is 1.23. The fourth-order valence-corrected chi connectivity index (χ4v) is 4.89. The molecule has 2 aromatic carbocycles. The van der Waals surface area contributed by atoms with Crippen molar-refractivity contribution in [2.45, 2.75) is 43.7 Å². The SMILES string of the molecule is COCC(C)(NC(=O)CC1CC(NC(=O)OCC2c3ccccc3-c3ccccc32)C1)C(=O)O. The van der Waals surface area contributed by atoms with E-state index < -0.39 is 17.6 Å². The summed E-state index contributed by atoms with van der Waals surface area (Å²) in [5, 5.41) is 14.8. The predicted molar refractivity (Wildman–Crippen MR) is 125 cm³/mol. The van der Waals surface area contributed by atoms with E-state index in [0.717, 1.165) is 11.1 Å². The van der Waals surface area contributed by atoms with Crippen LogP contribution < -0.4 is 10.6 Å². The van der Waals surface area contributed by atoms with Crippen LogP contribution in [0.15, 0.2) is 48.5 Å². The molecule has 1 saturated carbocycles. The highest BCUT2D eigenvalue weighted by molar-refractivity contribution is 5.87. The fourth-order valence-electron chi connectivity index (χ4n) is 4.89. The van der Waals surface area contributed by atoms with E-state index in [1.807, 2.05) is 24.3 Å². The number of benzene rings is 2. The summed E-state index contributed by atoms with van der Waals surface area (Å²) < 4.78 is 10.5. The number of carbonyl (C=O) groups is 3. The maximum Gasteiger partial charge on any atom is 0.407 e. The van der Waals surface area contributed by atoms with Crippen LogP contribution in [0.3, 0.4) is 0 Å². The zero-order valence-electron chi connectivity index (χ0n) is 19.4. The fraction of sp³-hybridized carbons (Fsp3) is 0.423. The van der Waals surface area contributed by atoms with Gasteiger partial charge in [0.25, 0.3) is 0 Å². The average molecular weight is 467 g/mol. The van der Waals surface area contributed by atoms with Gasteiger partial charge in [0.15, 0.2) is 5.54 Å². The molecule has 2 amide bonds. The summed E-state index contributed by atoms with van der Waals surface area (Å²) >= 11 is 0. The summed E-state index contributed by atoms with van der Waals surface area (Å²) in [5.74, 6) is -1.40. The molecule has 4 rings (SSSR count). The molecule has 0 radical (unpaired) electrons. The lowest BCUT2D eigenvalue weighted by Crippen LogP contribution is -2.56. The summed E-state index contributed by atoms with van der Waals surface area (Å²) in [6.45, 7) is 1.55. The number of nitrogens with one attached hydrogen (secondary N) is 2. The van der Waals surface area contributed by atoms with Gasteiger partial charge in [-0.3, -0.25) is 4.79 Å². The van der Waals surface area contributed by atoms with Gasteiger partial charge in [0, 0.05) is 25.5 Å². The molecule has 8 nitrogen and oxygen atoms in total. The Labute approximate surface area is 198 Å². The lowest BCUT2D eigenvalue weighted by Gasteiger charge is -2.36. The number of methoxy groups -OCH3 is 1. The molecule has 0 aliphatic heterocycles. The third kappa shape index (κ3) is 4.92. The largest absolute Gasteiger partial charge is 0.479 e. The van der Waals surface area contributed by atoms with Gasteiger partial charge in [-0.2, -0.15) is 0 Å². The van der Waals surface area contributed by atoms with Crippen LogP contribution >= 0.6 is 0 Å². The van der Waals surface area contributed by atoms with Crippen molar-refractivity contribution in [3.8, 4) is 11.1 Å². The van der Waals surface area contributed by atoms with Gasteiger partial charge in [-0.15, -0.1) is 0 Å². The number of aliphatic carboxylic acids is 1. The van der Waals surface area contributed by atoms with Crippen LogP contribution in [0.5, 0.6) is 0 Å². The van der Waals surface area contributed by atoms with Crippen molar-refractivity contribution in [2.24, 2.45) is 5.92 Å². The Bertz CT molecular complexity index is 1030. The van der Waals surface area contributed by atoms with E-state index >= 15 is 0 Å². The van der Waals surface area contributed by atoms with Crippen molar-refractivity contribution < 1.29 is 29.0 Å². The smallest absolute Gasteiger partial charge is 0.407 e. The van der Waals surface area contributed by atoms with Crippen molar-refractivity contribution >= 4 is 18.0 Å². The van der Waals surface area contributed by atoms with Crippen molar-refractivity contribution in [3.63, 3.8) is 0 Å².